The molecule has 2 saturated carbocycles. The highest BCUT2D eigenvalue weighted by molar-refractivity contribution is 5.83. The third-order valence-electron chi connectivity index (χ3n) is 4.88. The van der Waals surface area contributed by atoms with E-state index >= 15 is 0 Å². The molecule has 0 heterocycles. The number of ketones is 1. The Hall–Kier alpha value is -0.370. The van der Waals surface area contributed by atoms with E-state index in [4.69, 9.17) is 0 Å². The monoisotopic (exact) mass is 251 g/mol. The maximum atomic E-state index is 12.5. The Bertz CT molecular complexity index is 260. The number of carbonyl (C=O) groups excluding carboxylic acids is 1. The van der Waals surface area contributed by atoms with Gasteiger partial charge in [-0.2, -0.15) is 0 Å². The summed E-state index contributed by atoms with van der Waals surface area (Å²) in [7, 11) is 4.30. The molecule has 0 bridgehead atoms. The van der Waals surface area contributed by atoms with E-state index in [1.165, 1.54) is 51.5 Å². The molecule has 0 unspecified atom stereocenters. The molecule has 104 valence electrons. The van der Waals surface area contributed by atoms with Crippen molar-refractivity contribution in [3.05, 3.63) is 0 Å². The zero-order valence-electron chi connectivity index (χ0n) is 12.2. The minimum Gasteiger partial charge on any atom is -0.309 e. The summed E-state index contributed by atoms with van der Waals surface area (Å²) < 4.78 is 0. The van der Waals surface area contributed by atoms with E-state index in [0.29, 0.717) is 17.6 Å². The van der Waals surface area contributed by atoms with Crippen molar-refractivity contribution in [2.45, 2.75) is 57.8 Å². The van der Waals surface area contributed by atoms with Crippen molar-refractivity contribution >= 4 is 5.78 Å². The van der Waals surface area contributed by atoms with Crippen LogP contribution in [0.4, 0.5) is 0 Å². The molecule has 0 N–H and O–H groups in total. The molecule has 2 rings (SSSR count). The molecule has 0 aromatic rings. The summed E-state index contributed by atoms with van der Waals surface area (Å²) in [6.07, 6.45) is 11.1. The predicted molar refractivity (Wildman–Crippen MR) is 75.6 cm³/mol. The Balaban J connectivity index is 1.76. The number of hydrogen-bond donors (Lipinski definition) is 0. The van der Waals surface area contributed by atoms with Crippen LogP contribution >= 0.6 is 0 Å². The van der Waals surface area contributed by atoms with Crippen LogP contribution in [0.1, 0.15) is 57.8 Å². The SMILES string of the molecule is CN(C)CC1CCC(C(=O)C2CCCCC2)CC1. The minimum atomic E-state index is 0.409. The van der Waals surface area contributed by atoms with Crippen molar-refractivity contribution < 1.29 is 4.79 Å². The van der Waals surface area contributed by atoms with Gasteiger partial charge in [-0.3, -0.25) is 4.79 Å². The molecule has 2 aliphatic carbocycles. The molecule has 0 aromatic heterocycles. The molecular weight excluding hydrogens is 222 g/mol. The predicted octanol–water partition coefficient (Wildman–Crippen LogP) is 3.50. The first kappa shape index (κ1) is 14.0. The van der Waals surface area contributed by atoms with Crippen molar-refractivity contribution in [3.63, 3.8) is 0 Å². The molecule has 0 atom stereocenters. The summed E-state index contributed by atoms with van der Waals surface area (Å²) in [6.45, 7) is 1.20. The van der Waals surface area contributed by atoms with Gasteiger partial charge in [0, 0.05) is 18.4 Å². The Morgan fingerprint density at radius 1 is 0.889 bits per heavy atom. The van der Waals surface area contributed by atoms with E-state index in [0.717, 1.165) is 18.8 Å². The van der Waals surface area contributed by atoms with Crippen LogP contribution in [0.3, 0.4) is 0 Å². The van der Waals surface area contributed by atoms with Gasteiger partial charge in [0.15, 0.2) is 0 Å². The average molecular weight is 251 g/mol. The number of rotatable bonds is 4. The Morgan fingerprint density at radius 2 is 1.44 bits per heavy atom. The number of hydrogen-bond acceptors (Lipinski definition) is 2. The van der Waals surface area contributed by atoms with Gasteiger partial charge in [0.2, 0.25) is 0 Å². The van der Waals surface area contributed by atoms with E-state index in [-0.39, 0.29) is 0 Å². The van der Waals surface area contributed by atoms with Crippen LogP contribution in [0, 0.1) is 17.8 Å². The van der Waals surface area contributed by atoms with Crippen molar-refractivity contribution in [1.82, 2.24) is 4.90 Å². The number of nitrogens with zero attached hydrogens (tertiary/aromatic N) is 1. The lowest BCUT2D eigenvalue weighted by Gasteiger charge is -2.32. The highest BCUT2D eigenvalue weighted by atomic mass is 16.1. The molecule has 0 aromatic carbocycles. The summed E-state index contributed by atoms with van der Waals surface area (Å²) in [4.78, 5) is 14.8. The van der Waals surface area contributed by atoms with Crippen molar-refractivity contribution in [3.8, 4) is 0 Å². The zero-order valence-corrected chi connectivity index (χ0v) is 12.2. The Labute approximate surface area is 112 Å². The first-order chi connectivity index (χ1) is 8.66. The van der Waals surface area contributed by atoms with E-state index in [1.807, 2.05) is 0 Å². The van der Waals surface area contributed by atoms with Gasteiger partial charge in [0.1, 0.15) is 5.78 Å². The number of Topliss-reactive ketones (excluding diaryl/α,β-unsaturated/α-hetero) is 1. The maximum Gasteiger partial charge on any atom is 0.139 e. The molecule has 0 radical (unpaired) electrons. The fraction of sp³-hybridized carbons (Fsp3) is 0.938. The molecule has 2 fully saturated rings. The van der Waals surface area contributed by atoms with Crippen molar-refractivity contribution in [2.75, 3.05) is 20.6 Å². The van der Waals surface area contributed by atoms with Crippen molar-refractivity contribution in [1.29, 1.82) is 0 Å². The fourth-order valence-corrected chi connectivity index (χ4v) is 3.87. The molecule has 2 heteroatoms. The van der Waals surface area contributed by atoms with Gasteiger partial charge < -0.3 is 4.90 Å². The Morgan fingerprint density at radius 3 is 2.00 bits per heavy atom. The van der Waals surface area contributed by atoms with Crippen molar-refractivity contribution in [2.24, 2.45) is 17.8 Å². The highest BCUT2D eigenvalue weighted by Gasteiger charge is 2.31. The highest BCUT2D eigenvalue weighted by Crippen LogP contribution is 2.34. The summed E-state index contributed by atoms with van der Waals surface area (Å²) in [5, 5.41) is 0. The van der Waals surface area contributed by atoms with E-state index in [2.05, 4.69) is 19.0 Å². The quantitative estimate of drug-likeness (QED) is 0.762. The van der Waals surface area contributed by atoms with Gasteiger partial charge >= 0.3 is 0 Å². The van der Waals surface area contributed by atoms with Crippen LogP contribution in [0.15, 0.2) is 0 Å². The standard InChI is InChI=1S/C16H29NO/c1-17(2)12-13-8-10-15(11-9-13)16(18)14-6-4-3-5-7-14/h13-15H,3-12H2,1-2H3. The van der Waals surface area contributed by atoms with Crippen LogP contribution in [0.2, 0.25) is 0 Å². The third kappa shape index (κ3) is 3.81. The molecule has 2 aliphatic rings. The summed E-state index contributed by atoms with van der Waals surface area (Å²) >= 11 is 0. The van der Waals surface area contributed by atoms with Crippen LogP contribution in [-0.4, -0.2) is 31.3 Å². The fourth-order valence-electron chi connectivity index (χ4n) is 3.87. The van der Waals surface area contributed by atoms with Crippen LogP contribution < -0.4 is 0 Å². The lowest BCUT2D eigenvalue weighted by molar-refractivity contribution is -0.129. The largest absolute Gasteiger partial charge is 0.309 e. The minimum absolute atomic E-state index is 0.409. The van der Waals surface area contributed by atoms with E-state index in [9.17, 15) is 4.79 Å². The maximum absolute atomic E-state index is 12.5. The molecule has 0 spiro atoms. The molecule has 2 nitrogen and oxygen atoms in total. The van der Waals surface area contributed by atoms with Crippen LogP contribution in [-0.2, 0) is 4.79 Å². The second-order valence-corrected chi connectivity index (χ2v) is 6.72. The molecular formula is C16H29NO. The van der Waals surface area contributed by atoms with E-state index < -0.39 is 0 Å². The second kappa shape index (κ2) is 6.70. The molecule has 0 saturated heterocycles. The second-order valence-electron chi connectivity index (χ2n) is 6.72. The first-order valence-electron chi connectivity index (χ1n) is 7.85. The van der Waals surface area contributed by atoms with Crippen LogP contribution in [0.25, 0.3) is 0 Å². The lowest BCUT2D eigenvalue weighted by Crippen LogP contribution is -2.31. The summed E-state index contributed by atoms with van der Waals surface area (Å²) in [5.41, 5.74) is 0. The number of carbonyl (C=O) groups is 1. The van der Waals surface area contributed by atoms with Gasteiger partial charge in [0.25, 0.3) is 0 Å². The van der Waals surface area contributed by atoms with Crippen LogP contribution in [0.5, 0.6) is 0 Å². The average Bonchev–Trinajstić information content (AvgIpc) is 2.39. The van der Waals surface area contributed by atoms with Gasteiger partial charge in [-0.1, -0.05) is 19.3 Å². The lowest BCUT2D eigenvalue weighted by atomic mass is 9.74. The Kier molecular flexibility index (Phi) is 5.23. The topological polar surface area (TPSA) is 20.3 Å². The van der Waals surface area contributed by atoms with Gasteiger partial charge in [-0.05, 0) is 58.5 Å². The summed E-state index contributed by atoms with van der Waals surface area (Å²) in [6, 6.07) is 0. The van der Waals surface area contributed by atoms with Gasteiger partial charge in [-0.15, -0.1) is 0 Å². The zero-order chi connectivity index (χ0) is 13.0. The molecule has 0 amide bonds. The molecule has 0 aliphatic heterocycles. The van der Waals surface area contributed by atoms with Gasteiger partial charge in [0.05, 0.1) is 0 Å². The third-order valence-corrected chi connectivity index (χ3v) is 4.88. The van der Waals surface area contributed by atoms with Gasteiger partial charge in [-0.25, -0.2) is 0 Å². The molecule has 18 heavy (non-hydrogen) atoms. The first-order valence-corrected chi connectivity index (χ1v) is 7.85. The normalized spacial score (nSPS) is 30.6. The van der Waals surface area contributed by atoms with E-state index in [1.54, 1.807) is 0 Å². The summed E-state index contributed by atoms with van der Waals surface area (Å²) in [5.74, 6) is 2.29. The smallest absolute Gasteiger partial charge is 0.139 e.